The summed E-state index contributed by atoms with van der Waals surface area (Å²) in [6.45, 7) is -0.475. The molecule has 0 radical (unpaired) electrons. The summed E-state index contributed by atoms with van der Waals surface area (Å²) in [6, 6.07) is 5.59. The number of aromatic nitrogens is 2. The van der Waals surface area contributed by atoms with Gasteiger partial charge in [0.05, 0.1) is 6.04 Å². The zero-order chi connectivity index (χ0) is 44.1. The van der Waals surface area contributed by atoms with E-state index in [1.54, 1.807) is 24.5 Å². The van der Waals surface area contributed by atoms with E-state index in [2.05, 4.69) is 26.3 Å². The molecule has 0 bridgehead atoms. The van der Waals surface area contributed by atoms with Gasteiger partial charge in [-0.25, -0.2) is 14.4 Å². The van der Waals surface area contributed by atoms with Gasteiger partial charge in [-0.05, 0) is 60.2 Å². The molecule has 0 saturated carbocycles. The molecule has 60 heavy (non-hydrogen) atoms. The van der Waals surface area contributed by atoms with Crippen molar-refractivity contribution in [2.45, 2.75) is 68.2 Å². The van der Waals surface area contributed by atoms with Crippen LogP contribution in [-0.2, 0) is 36.8 Å². The van der Waals surface area contributed by atoms with Gasteiger partial charge in [0.1, 0.15) is 41.5 Å². The van der Waals surface area contributed by atoms with Gasteiger partial charge in [-0.2, -0.15) is 11.8 Å². The Hall–Kier alpha value is -6.36. The topological polar surface area (TPSA) is 334 Å². The number of thioether (sulfide) groups is 1. The fourth-order valence-corrected chi connectivity index (χ4v) is 6.61. The van der Waals surface area contributed by atoms with Crippen molar-refractivity contribution in [2.24, 2.45) is 11.5 Å². The number of aliphatic hydroxyl groups is 1. The van der Waals surface area contributed by atoms with E-state index in [0.29, 0.717) is 16.9 Å². The van der Waals surface area contributed by atoms with Gasteiger partial charge in [0.15, 0.2) is 0 Å². The third kappa shape index (κ3) is 13.3. The number of aliphatic carboxylic acids is 1. The zero-order valence-corrected chi connectivity index (χ0v) is 33.5. The monoisotopic (exact) mass is 855 g/mol. The van der Waals surface area contributed by atoms with Crippen LogP contribution in [0, 0.1) is 0 Å². The summed E-state index contributed by atoms with van der Waals surface area (Å²) in [6.07, 6.45) is 1.24. The van der Waals surface area contributed by atoms with Crippen molar-refractivity contribution in [2.75, 3.05) is 25.6 Å². The Morgan fingerprint density at radius 3 is 2.18 bits per heavy atom. The Bertz CT molecular complexity index is 2160. The number of aliphatic hydroxyl groups excluding tert-OH is 1. The number of phenolic OH excluding ortho intramolecular Hbond substituents is 2. The molecule has 22 heteroatoms. The number of carboxylic acid groups (broad SMARTS) is 1. The van der Waals surface area contributed by atoms with E-state index in [-0.39, 0.29) is 42.9 Å². The Morgan fingerprint density at radius 2 is 1.58 bits per heavy atom. The van der Waals surface area contributed by atoms with Gasteiger partial charge in [-0.1, -0.05) is 24.3 Å². The summed E-state index contributed by atoms with van der Waals surface area (Å²) in [5, 5.41) is 49.8. The number of hydrogen-bond acceptors (Lipinski definition) is 14. The molecule has 13 N–H and O–H groups in total. The Kier molecular flexibility index (Phi) is 16.7. The van der Waals surface area contributed by atoms with Gasteiger partial charge in [0, 0.05) is 50.9 Å². The van der Waals surface area contributed by atoms with E-state index < -0.39 is 90.1 Å². The SMILES string of the molecule is CSCC[C@H](NC(=O)NC(Cc1cccc(O)c1)C(=O)O)C(=O)NC(CN(C)C(=O)[C@@H](N)C(N)Cc1cccc(O)c1)C(=O)N/C=C1/C[C@@H](O)[C@H](n2ccc(=O)[nH]c2=O)O1. The third-order valence-electron chi connectivity index (χ3n) is 9.29. The first kappa shape index (κ1) is 46.3. The minimum Gasteiger partial charge on any atom is -0.508 e. The molecule has 324 valence electrons. The Balaban J connectivity index is 1.52. The van der Waals surface area contributed by atoms with Gasteiger partial charge < -0.3 is 62.8 Å². The molecule has 5 amide bonds. The molecular weight excluding hydrogens is 807 g/mol. The second kappa shape index (κ2) is 21.6. The molecule has 3 aromatic rings. The van der Waals surface area contributed by atoms with Crippen LogP contribution < -0.4 is 44.0 Å². The highest BCUT2D eigenvalue weighted by atomic mass is 32.2. The van der Waals surface area contributed by atoms with E-state index in [1.807, 2.05) is 0 Å². The molecule has 1 fully saturated rings. The van der Waals surface area contributed by atoms with Crippen molar-refractivity contribution < 1.29 is 49.1 Å². The van der Waals surface area contributed by atoms with Gasteiger partial charge >= 0.3 is 17.7 Å². The Labute approximate surface area is 347 Å². The number of carbonyl (C=O) groups excluding carboxylic acids is 4. The highest BCUT2D eigenvalue weighted by Crippen LogP contribution is 2.29. The fraction of sp³-hybridized carbons (Fsp3) is 0.395. The number of hydrogen-bond donors (Lipinski definition) is 11. The van der Waals surface area contributed by atoms with Crippen LogP contribution in [0.1, 0.15) is 30.2 Å². The smallest absolute Gasteiger partial charge is 0.331 e. The number of nitrogens with one attached hydrogen (secondary N) is 5. The van der Waals surface area contributed by atoms with Crippen LogP contribution in [0.25, 0.3) is 0 Å². The van der Waals surface area contributed by atoms with E-state index in [1.165, 1.54) is 49.1 Å². The lowest BCUT2D eigenvalue weighted by Gasteiger charge is -2.29. The number of ether oxygens (including phenoxy) is 1. The van der Waals surface area contributed by atoms with Crippen molar-refractivity contribution >= 4 is 41.5 Å². The molecule has 1 aromatic heterocycles. The van der Waals surface area contributed by atoms with Crippen LogP contribution in [0.5, 0.6) is 11.5 Å². The number of urea groups is 1. The van der Waals surface area contributed by atoms with Crippen molar-refractivity contribution in [1.82, 2.24) is 35.7 Å². The lowest BCUT2D eigenvalue weighted by atomic mass is 9.99. The number of aromatic amines is 1. The van der Waals surface area contributed by atoms with Crippen LogP contribution in [0.3, 0.4) is 0 Å². The average Bonchev–Trinajstić information content (AvgIpc) is 3.56. The molecule has 3 unspecified atom stereocenters. The fourth-order valence-electron chi connectivity index (χ4n) is 6.14. The van der Waals surface area contributed by atoms with Crippen LogP contribution in [0.2, 0.25) is 0 Å². The van der Waals surface area contributed by atoms with Crippen molar-refractivity contribution in [3.63, 3.8) is 0 Å². The van der Waals surface area contributed by atoms with E-state index in [4.69, 9.17) is 16.2 Å². The van der Waals surface area contributed by atoms with Crippen molar-refractivity contribution in [3.8, 4) is 11.5 Å². The number of benzene rings is 2. The summed E-state index contributed by atoms with van der Waals surface area (Å²) in [5.74, 6) is -3.59. The normalized spacial score (nSPS) is 17.9. The third-order valence-corrected chi connectivity index (χ3v) is 9.94. The highest BCUT2D eigenvalue weighted by Gasteiger charge is 2.35. The quantitative estimate of drug-likeness (QED) is 0.0630. The average molecular weight is 856 g/mol. The summed E-state index contributed by atoms with van der Waals surface area (Å²) < 4.78 is 6.63. The lowest BCUT2D eigenvalue weighted by Crippen LogP contribution is -2.60. The molecule has 7 atom stereocenters. The number of rotatable bonds is 19. The maximum Gasteiger partial charge on any atom is 0.331 e. The van der Waals surface area contributed by atoms with Crippen molar-refractivity contribution in [3.05, 3.63) is 105 Å². The number of likely N-dealkylation sites (N-methyl/N-ethyl adjacent to an activating group) is 1. The minimum atomic E-state index is -1.53. The van der Waals surface area contributed by atoms with Crippen LogP contribution in [0.4, 0.5) is 4.79 Å². The second-order valence-electron chi connectivity index (χ2n) is 14.0. The number of nitrogens with zero attached hydrogens (tertiary/aromatic N) is 2. The Morgan fingerprint density at radius 1 is 0.950 bits per heavy atom. The van der Waals surface area contributed by atoms with Gasteiger partial charge in [0.25, 0.3) is 5.56 Å². The first-order valence-electron chi connectivity index (χ1n) is 18.5. The van der Waals surface area contributed by atoms with Crippen LogP contribution >= 0.6 is 11.8 Å². The highest BCUT2D eigenvalue weighted by molar-refractivity contribution is 7.98. The van der Waals surface area contributed by atoms with E-state index in [0.717, 1.165) is 27.9 Å². The predicted octanol–water partition coefficient (Wildman–Crippen LogP) is -1.86. The number of phenols is 2. The summed E-state index contributed by atoms with van der Waals surface area (Å²) in [7, 11) is 1.33. The van der Waals surface area contributed by atoms with E-state index >= 15 is 0 Å². The first-order chi connectivity index (χ1) is 28.4. The number of carbonyl (C=O) groups is 5. The molecule has 0 aliphatic carbocycles. The number of nitrogens with two attached hydrogens (primary N) is 2. The lowest BCUT2D eigenvalue weighted by molar-refractivity contribution is -0.139. The molecule has 4 rings (SSSR count). The maximum atomic E-state index is 13.8. The molecule has 21 nitrogen and oxygen atoms in total. The van der Waals surface area contributed by atoms with Gasteiger partial charge in [0.2, 0.25) is 23.9 Å². The molecule has 1 aliphatic rings. The number of carboxylic acids is 1. The summed E-state index contributed by atoms with van der Waals surface area (Å²) in [4.78, 5) is 93.3. The number of aromatic hydroxyl groups is 2. The van der Waals surface area contributed by atoms with Crippen molar-refractivity contribution in [1.29, 1.82) is 0 Å². The molecule has 2 aromatic carbocycles. The van der Waals surface area contributed by atoms with Crippen LogP contribution in [0.15, 0.2) is 82.3 Å². The molecule has 2 heterocycles. The first-order valence-corrected chi connectivity index (χ1v) is 19.9. The zero-order valence-electron chi connectivity index (χ0n) is 32.6. The summed E-state index contributed by atoms with van der Waals surface area (Å²) in [5.41, 5.74) is 12.0. The number of H-pyrrole nitrogens is 1. The van der Waals surface area contributed by atoms with Crippen LogP contribution in [-0.4, -0.2) is 127 Å². The number of amides is 5. The summed E-state index contributed by atoms with van der Waals surface area (Å²) >= 11 is 1.34. The molecule has 0 spiro atoms. The molecular formula is C38H49N9O12S. The largest absolute Gasteiger partial charge is 0.508 e. The second-order valence-corrected chi connectivity index (χ2v) is 15.0. The minimum absolute atomic E-state index is 0.00697. The molecule has 1 saturated heterocycles. The standard InChI is InChI=1S/C38H49N9O12S/c1-46(34(54)31(40)25(39)15-20-5-3-7-22(48)13-20)19-28(32(52)41-18-24-17-29(50)35(59-24)47-11-9-30(51)45-38(47)58)42-33(53)26(10-12-60-2)43-37(57)44-27(36(55)56)16-21-6-4-8-23(49)14-21/h3-9,11,13-14,18,25-29,31,35,48-50H,10,12,15-17,19,39-40H2,1-2H3,(H,41,52)(H,42,53)(H,55,56)(H2,43,44,57)(H,45,51,58)/b24-18-/t25?,26-,27?,28?,29+,31-,35+/m0/s1. The maximum absolute atomic E-state index is 13.8. The van der Waals surface area contributed by atoms with Gasteiger partial charge in [-0.3, -0.25) is 28.7 Å². The van der Waals surface area contributed by atoms with Gasteiger partial charge in [-0.15, -0.1) is 0 Å². The van der Waals surface area contributed by atoms with E-state index in [9.17, 15) is 54.0 Å². The molecule has 1 aliphatic heterocycles. The predicted molar refractivity (Wildman–Crippen MR) is 217 cm³/mol.